The molecule has 33 heavy (non-hydrogen) atoms. The number of aromatic nitrogens is 1. The average Bonchev–Trinajstić information content (AvgIpc) is 3.55. The minimum absolute atomic E-state index is 0.141. The summed E-state index contributed by atoms with van der Waals surface area (Å²) in [5.74, 6) is 0.772. The molecule has 3 saturated heterocycles. The second-order valence-electron chi connectivity index (χ2n) is 10.2. The fourth-order valence-corrected chi connectivity index (χ4v) is 6.41. The highest BCUT2D eigenvalue weighted by atomic mass is 16.5. The molecule has 0 spiro atoms. The molecule has 3 fully saturated rings. The first-order chi connectivity index (χ1) is 16.1. The summed E-state index contributed by atoms with van der Waals surface area (Å²) in [6.07, 6.45) is 3.54. The topological polar surface area (TPSA) is 48.6 Å². The normalized spacial score (nSPS) is 23.6. The summed E-state index contributed by atoms with van der Waals surface area (Å²) in [5, 5.41) is 1.18. The van der Waals surface area contributed by atoms with Crippen LogP contribution in [0.25, 0.3) is 10.9 Å². The van der Waals surface area contributed by atoms with Gasteiger partial charge in [0.05, 0.1) is 18.8 Å². The summed E-state index contributed by atoms with van der Waals surface area (Å²) in [4.78, 5) is 21.7. The lowest BCUT2D eigenvalue weighted by Crippen LogP contribution is -2.42. The third-order valence-corrected chi connectivity index (χ3v) is 8.11. The predicted molar refractivity (Wildman–Crippen MR) is 131 cm³/mol. The van der Waals surface area contributed by atoms with Gasteiger partial charge >= 0.3 is 0 Å². The molecule has 3 aliphatic heterocycles. The molecule has 172 valence electrons. The Morgan fingerprint density at radius 1 is 1.06 bits per heavy atom. The molecule has 0 unspecified atom stereocenters. The van der Waals surface area contributed by atoms with E-state index in [-0.39, 0.29) is 18.1 Å². The number of fused-ring (bicyclic) bond motifs is 3. The number of ether oxygens (including phenoxy) is 1. The van der Waals surface area contributed by atoms with Crippen LogP contribution in [0.1, 0.15) is 57.9 Å². The first-order valence-electron chi connectivity index (χ1n) is 12.4. The van der Waals surface area contributed by atoms with Crippen LogP contribution in [0.4, 0.5) is 0 Å². The highest BCUT2D eigenvalue weighted by Crippen LogP contribution is 2.35. The molecule has 1 aromatic heterocycles. The maximum atomic E-state index is 13.6. The molecular formula is C28H33N3O2. The van der Waals surface area contributed by atoms with E-state index >= 15 is 0 Å². The Kier molecular flexibility index (Phi) is 5.27. The van der Waals surface area contributed by atoms with E-state index in [9.17, 15) is 4.79 Å². The first-order valence-corrected chi connectivity index (χ1v) is 12.4. The van der Waals surface area contributed by atoms with E-state index in [0.717, 1.165) is 49.4 Å². The molecule has 2 aromatic carbocycles. The number of likely N-dealkylation sites (tertiary alicyclic amines) is 2. The van der Waals surface area contributed by atoms with Crippen molar-refractivity contribution in [1.82, 2.24) is 14.8 Å². The number of carbonyl (C=O) groups excluding carboxylic acids is 1. The van der Waals surface area contributed by atoms with Gasteiger partial charge in [0.25, 0.3) is 5.91 Å². The Balaban J connectivity index is 1.23. The summed E-state index contributed by atoms with van der Waals surface area (Å²) in [6.45, 7) is 8.84. The van der Waals surface area contributed by atoms with Gasteiger partial charge in [-0.25, -0.2) is 0 Å². The van der Waals surface area contributed by atoms with E-state index in [1.165, 1.54) is 29.4 Å². The number of H-pyrrole nitrogens is 1. The van der Waals surface area contributed by atoms with Crippen LogP contribution in [0.15, 0.2) is 42.5 Å². The van der Waals surface area contributed by atoms with Crippen molar-refractivity contribution in [2.24, 2.45) is 0 Å². The number of aryl methyl sites for hydroxylation is 2. The quantitative estimate of drug-likeness (QED) is 0.631. The smallest absolute Gasteiger partial charge is 0.271 e. The molecular weight excluding hydrogens is 410 g/mol. The van der Waals surface area contributed by atoms with Crippen molar-refractivity contribution in [2.45, 2.75) is 57.7 Å². The average molecular weight is 444 g/mol. The molecule has 6 rings (SSSR count). The summed E-state index contributed by atoms with van der Waals surface area (Å²) in [5.41, 5.74) is 7.38. The molecule has 4 heterocycles. The van der Waals surface area contributed by atoms with Crippen LogP contribution in [0.2, 0.25) is 0 Å². The Labute approximate surface area is 195 Å². The van der Waals surface area contributed by atoms with Crippen LogP contribution in [-0.2, 0) is 11.3 Å². The van der Waals surface area contributed by atoms with E-state index in [4.69, 9.17) is 4.74 Å². The van der Waals surface area contributed by atoms with Gasteiger partial charge in [0.2, 0.25) is 0 Å². The number of para-hydroxylation sites is 1. The van der Waals surface area contributed by atoms with Crippen LogP contribution < -0.4 is 0 Å². The van der Waals surface area contributed by atoms with Crippen molar-refractivity contribution in [3.8, 4) is 0 Å². The van der Waals surface area contributed by atoms with Gasteiger partial charge in [0.1, 0.15) is 5.69 Å². The Bertz CT molecular complexity index is 1170. The second-order valence-corrected chi connectivity index (χ2v) is 10.2. The lowest BCUT2D eigenvalue weighted by atomic mass is 9.84. The Morgan fingerprint density at radius 2 is 1.82 bits per heavy atom. The first kappa shape index (κ1) is 20.9. The third-order valence-electron chi connectivity index (χ3n) is 8.11. The van der Waals surface area contributed by atoms with Crippen molar-refractivity contribution in [3.05, 3.63) is 70.4 Å². The largest absolute Gasteiger partial charge is 0.374 e. The molecule has 3 aliphatic rings. The van der Waals surface area contributed by atoms with Crippen LogP contribution >= 0.6 is 0 Å². The molecule has 3 aromatic rings. The number of hydrogen-bond donors (Lipinski definition) is 1. The lowest BCUT2D eigenvalue weighted by Gasteiger charge is -2.34. The number of carbonyl (C=O) groups is 1. The fourth-order valence-electron chi connectivity index (χ4n) is 6.41. The standard InChI is InChI=1S/C28H33N3O2/c1-18-6-5-7-19(2)26(18)20-10-12-30(13-11-20)16-24-23-8-3-4-9-25(23)29-27(24)28(32)31-15-22-14-21(31)17-33-22/h3-9,20-22,29H,10-17H2,1-2H3/t21-,22-/m0/s1. The maximum absolute atomic E-state index is 13.6. The zero-order valence-electron chi connectivity index (χ0n) is 19.6. The van der Waals surface area contributed by atoms with Gasteiger partial charge in [-0.05, 0) is 74.9 Å². The number of morpholine rings is 1. The number of nitrogens with zero attached hydrogens (tertiary/aromatic N) is 2. The molecule has 5 heteroatoms. The molecule has 2 atom stereocenters. The van der Waals surface area contributed by atoms with E-state index < -0.39 is 0 Å². The van der Waals surface area contributed by atoms with Gasteiger partial charge in [-0.3, -0.25) is 9.69 Å². The van der Waals surface area contributed by atoms with Gasteiger partial charge in [0, 0.05) is 29.6 Å². The van der Waals surface area contributed by atoms with E-state index in [2.05, 4.69) is 60.1 Å². The zero-order valence-corrected chi connectivity index (χ0v) is 19.6. The molecule has 5 nitrogen and oxygen atoms in total. The third kappa shape index (κ3) is 3.68. The SMILES string of the molecule is Cc1cccc(C)c1C1CCN(Cc2c(C(=O)N3C[C@@H]4C[C@H]3CO4)[nH]c3ccccc23)CC1. The number of aromatic amines is 1. The monoisotopic (exact) mass is 443 g/mol. The van der Waals surface area contributed by atoms with Gasteiger partial charge < -0.3 is 14.6 Å². The van der Waals surface area contributed by atoms with Gasteiger partial charge in [-0.15, -0.1) is 0 Å². The molecule has 0 aliphatic carbocycles. The number of rotatable bonds is 4. The van der Waals surface area contributed by atoms with E-state index in [1.807, 2.05) is 11.0 Å². The van der Waals surface area contributed by atoms with Crippen molar-refractivity contribution in [3.63, 3.8) is 0 Å². The molecule has 0 saturated carbocycles. The summed E-state index contributed by atoms with van der Waals surface area (Å²) in [6, 6.07) is 15.2. The minimum Gasteiger partial charge on any atom is -0.374 e. The van der Waals surface area contributed by atoms with Gasteiger partial charge in [-0.2, -0.15) is 0 Å². The highest BCUT2D eigenvalue weighted by molar-refractivity contribution is 6.01. The van der Waals surface area contributed by atoms with Crippen LogP contribution in [0, 0.1) is 13.8 Å². The van der Waals surface area contributed by atoms with Gasteiger partial charge in [0.15, 0.2) is 0 Å². The van der Waals surface area contributed by atoms with Crippen LogP contribution in [0.3, 0.4) is 0 Å². The number of nitrogens with one attached hydrogen (secondary N) is 1. The highest BCUT2D eigenvalue weighted by Gasteiger charge is 2.42. The number of amides is 1. The zero-order chi connectivity index (χ0) is 22.5. The van der Waals surface area contributed by atoms with E-state index in [1.54, 1.807) is 5.56 Å². The number of benzene rings is 2. The van der Waals surface area contributed by atoms with Crippen molar-refractivity contribution in [2.75, 3.05) is 26.2 Å². The maximum Gasteiger partial charge on any atom is 0.271 e. The summed E-state index contributed by atoms with van der Waals surface area (Å²) < 4.78 is 5.73. The predicted octanol–water partition coefficient (Wildman–Crippen LogP) is 4.78. The molecule has 0 radical (unpaired) electrons. The molecule has 1 amide bonds. The van der Waals surface area contributed by atoms with Crippen molar-refractivity contribution in [1.29, 1.82) is 0 Å². The summed E-state index contributed by atoms with van der Waals surface area (Å²) >= 11 is 0. The van der Waals surface area contributed by atoms with Gasteiger partial charge in [-0.1, -0.05) is 36.4 Å². The molecule has 1 N–H and O–H groups in total. The summed E-state index contributed by atoms with van der Waals surface area (Å²) in [7, 11) is 0. The Morgan fingerprint density at radius 3 is 2.52 bits per heavy atom. The van der Waals surface area contributed by atoms with E-state index in [0.29, 0.717) is 12.5 Å². The van der Waals surface area contributed by atoms with Crippen LogP contribution in [0.5, 0.6) is 0 Å². The second kappa shape index (κ2) is 8.30. The van der Waals surface area contributed by atoms with Crippen LogP contribution in [-0.4, -0.2) is 59.1 Å². The Hall–Kier alpha value is -2.63. The fraction of sp³-hybridized carbons (Fsp3) is 0.464. The van der Waals surface area contributed by atoms with Crippen molar-refractivity contribution < 1.29 is 9.53 Å². The minimum atomic E-state index is 0.141. The molecule has 2 bridgehead atoms. The van der Waals surface area contributed by atoms with Crippen molar-refractivity contribution >= 4 is 16.8 Å². The number of piperidine rings is 1. The lowest BCUT2D eigenvalue weighted by molar-refractivity contribution is 0.0255. The number of hydrogen-bond acceptors (Lipinski definition) is 3.